The highest BCUT2D eigenvalue weighted by Gasteiger charge is 2.09. The zero-order valence-corrected chi connectivity index (χ0v) is 11.1. The van der Waals surface area contributed by atoms with Gasteiger partial charge in [0.2, 0.25) is 0 Å². The molecule has 3 heteroatoms. The minimum atomic E-state index is -0.00921. The van der Waals surface area contributed by atoms with Gasteiger partial charge in [-0.1, -0.05) is 48.5 Å². The van der Waals surface area contributed by atoms with Gasteiger partial charge in [-0.05, 0) is 23.1 Å². The van der Waals surface area contributed by atoms with E-state index in [1.165, 1.54) is 11.3 Å². The average Bonchev–Trinajstić information content (AvgIpc) is 2.90. The predicted molar refractivity (Wildman–Crippen MR) is 79.4 cm³/mol. The Morgan fingerprint density at radius 2 is 1.74 bits per heavy atom. The number of carbonyl (C=O) groups is 1. The third-order valence-corrected chi connectivity index (χ3v) is 4.06. The maximum Gasteiger partial charge on any atom is 0.261 e. The molecule has 3 aromatic rings. The maximum absolute atomic E-state index is 12.1. The number of thiophene rings is 1. The predicted octanol–water partition coefficient (Wildman–Crippen LogP) is 3.83. The number of amides is 1. The summed E-state index contributed by atoms with van der Waals surface area (Å²) in [5, 5.41) is 4.07. The summed E-state index contributed by atoms with van der Waals surface area (Å²) in [5.74, 6) is -0.00921. The van der Waals surface area contributed by atoms with E-state index in [2.05, 4.69) is 5.32 Å². The lowest BCUT2D eigenvalue weighted by Crippen LogP contribution is -2.21. The number of rotatable bonds is 3. The lowest BCUT2D eigenvalue weighted by Gasteiger charge is -2.02. The van der Waals surface area contributed by atoms with E-state index < -0.39 is 0 Å². The van der Waals surface area contributed by atoms with Crippen molar-refractivity contribution in [2.75, 3.05) is 0 Å². The largest absolute Gasteiger partial charge is 0.347 e. The minimum Gasteiger partial charge on any atom is -0.347 e. The fourth-order valence-electron chi connectivity index (χ4n) is 1.96. The lowest BCUT2D eigenvalue weighted by atomic mass is 10.2. The molecule has 2 nitrogen and oxygen atoms in total. The van der Waals surface area contributed by atoms with Gasteiger partial charge < -0.3 is 5.32 Å². The van der Waals surface area contributed by atoms with Crippen molar-refractivity contribution in [1.82, 2.24) is 5.32 Å². The molecule has 1 aromatic heterocycles. The van der Waals surface area contributed by atoms with Gasteiger partial charge in [0.25, 0.3) is 5.91 Å². The van der Waals surface area contributed by atoms with E-state index >= 15 is 0 Å². The molecule has 0 radical (unpaired) electrons. The van der Waals surface area contributed by atoms with E-state index in [0.717, 1.165) is 20.5 Å². The highest BCUT2D eigenvalue weighted by atomic mass is 32.1. The molecule has 0 spiro atoms. The second-order valence-electron chi connectivity index (χ2n) is 4.32. The van der Waals surface area contributed by atoms with Crippen molar-refractivity contribution in [2.24, 2.45) is 0 Å². The first kappa shape index (κ1) is 11.9. The van der Waals surface area contributed by atoms with Gasteiger partial charge in [0, 0.05) is 11.2 Å². The van der Waals surface area contributed by atoms with Crippen molar-refractivity contribution in [3.63, 3.8) is 0 Å². The van der Waals surface area contributed by atoms with Gasteiger partial charge in [0.15, 0.2) is 0 Å². The summed E-state index contributed by atoms with van der Waals surface area (Å²) in [4.78, 5) is 12.8. The molecule has 0 aliphatic carbocycles. The second kappa shape index (κ2) is 5.24. The van der Waals surface area contributed by atoms with Gasteiger partial charge in [-0.15, -0.1) is 11.3 Å². The second-order valence-corrected chi connectivity index (χ2v) is 5.40. The molecule has 0 aliphatic rings. The number of nitrogens with one attached hydrogen (secondary N) is 1. The van der Waals surface area contributed by atoms with Crippen LogP contribution in [0, 0.1) is 0 Å². The Hall–Kier alpha value is -2.13. The van der Waals surface area contributed by atoms with Crippen LogP contribution in [0.3, 0.4) is 0 Å². The lowest BCUT2D eigenvalue weighted by molar-refractivity contribution is 0.0955. The third-order valence-electron chi connectivity index (χ3n) is 2.95. The van der Waals surface area contributed by atoms with Crippen LogP contribution in [0.1, 0.15) is 15.2 Å². The zero-order valence-electron chi connectivity index (χ0n) is 10.3. The van der Waals surface area contributed by atoms with Crippen LogP contribution < -0.4 is 5.32 Å². The van der Waals surface area contributed by atoms with Gasteiger partial charge in [0.1, 0.15) is 0 Å². The molecule has 2 aromatic carbocycles. The molecule has 1 N–H and O–H groups in total. The normalized spacial score (nSPS) is 10.5. The van der Waals surface area contributed by atoms with Crippen LogP contribution in [0.25, 0.3) is 10.1 Å². The van der Waals surface area contributed by atoms with Crippen molar-refractivity contribution in [3.8, 4) is 0 Å². The summed E-state index contributed by atoms with van der Waals surface area (Å²) in [6.45, 7) is 0.563. The van der Waals surface area contributed by atoms with Crippen LogP contribution in [0.4, 0.5) is 0 Å². The summed E-state index contributed by atoms with van der Waals surface area (Å²) in [6, 6.07) is 19.9. The molecular weight excluding hydrogens is 254 g/mol. The molecule has 0 atom stereocenters. The van der Waals surface area contributed by atoms with Gasteiger partial charge in [-0.3, -0.25) is 4.79 Å². The standard InChI is InChI=1S/C16H13NOS/c18-16(17-11-12-6-2-1-3-7-12)15-10-13-8-4-5-9-14(13)19-15/h1-10H,11H2,(H,17,18). The molecule has 1 heterocycles. The third kappa shape index (κ3) is 2.66. The topological polar surface area (TPSA) is 29.1 Å². The maximum atomic E-state index is 12.1. The quantitative estimate of drug-likeness (QED) is 0.767. The molecule has 0 saturated carbocycles. The summed E-state index contributed by atoms with van der Waals surface area (Å²) in [5.41, 5.74) is 1.11. The SMILES string of the molecule is O=C(NCc1ccccc1)c1cc2ccccc2s1. The van der Waals surface area contributed by atoms with Crippen molar-refractivity contribution in [2.45, 2.75) is 6.54 Å². The summed E-state index contributed by atoms with van der Waals surface area (Å²) < 4.78 is 1.15. The molecule has 19 heavy (non-hydrogen) atoms. The van der Waals surface area contributed by atoms with Crippen LogP contribution in [0.15, 0.2) is 60.7 Å². The summed E-state index contributed by atoms with van der Waals surface area (Å²) >= 11 is 1.53. The highest BCUT2D eigenvalue weighted by molar-refractivity contribution is 7.20. The smallest absolute Gasteiger partial charge is 0.261 e. The molecular formula is C16H13NOS. The summed E-state index contributed by atoms with van der Waals surface area (Å²) in [6.07, 6.45) is 0. The van der Waals surface area contributed by atoms with E-state index in [4.69, 9.17) is 0 Å². The van der Waals surface area contributed by atoms with Crippen molar-refractivity contribution in [3.05, 3.63) is 71.1 Å². The number of hydrogen-bond donors (Lipinski definition) is 1. The van der Waals surface area contributed by atoms with E-state index in [9.17, 15) is 4.79 Å². The average molecular weight is 267 g/mol. The number of fused-ring (bicyclic) bond motifs is 1. The molecule has 0 aliphatic heterocycles. The van der Waals surface area contributed by atoms with E-state index in [0.29, 0.717) is 6.54 Å². The van der Waals surface area contributed by atoms with Crippen molar-refractivity contribution >= 4 is 27.3 Å². The van der Waals surface area contributed by atoms with E-state index in [1.807, 2.05) is 60.7 Å². The first-order valence-electron chi connectivity index (χ1n) is 6.13. The Kier molecular flexibility index (Phi) is 3.29. The zero-order chi connectivity index (χ0) is 13.1. The molecule has 1 amide bonds. The van der Waals surface area contributed by atoms with Crippen LogP contribution in [-0.2, 0) is 6.54 Å². The molecule has 0 saturated heterocycles. The molecule has 94 valence electrons. The fraction of sp³-hybridized carbons (Fsp3) is 0.0625. The Morgan fingerprint density at radius 3 is 2.53 bits per heavy atom. The number of carbonyl (C=O) groups excluding carboxylic acids is 1. The Morgan fingerprint density at radius 1 is 1.00 bits per heavy atom. The van der Waals surface area contributed by atoms with Gasteiger partial charge in [0.05, 0.1) is 4.88 Å². The molecule has 0 fully saturated rings. The number of benzene rings is 2. The Balaban J connectivity index is 1.73. The van der Waals surface area contributed by atoms with Crippen LogP contribution in [0.5, 0.6) is 0 Å². The van der Waals surface area contributed by atoms with E-state index in [-0.39, 0.29) is 5.91 Å². The molecule has 3 rings (SSSR count). The van der Waals surface area contributed by atoms with Crippen LogP contribution in [0.2, 0.25) is 0 Å². The van der Waals surface area contributed by atoms with Crippen molar-refractivity contribution < 1.29 is 4.79 Å². The molecule has 0 unspecified atom stereocenters. The minimum absolute atomic E-state index is 0.00921. The van der Waals surface area contributed by atoms with Crippen LogP contribution >= 0.6 is 11.3 Å². The Bertz CT molecular complexity index is 670. The number of hydrogen-bond acceptors (Lipinski definition) is 2. The summed E-state index contributed by atoms with van der Waals surface area (Å²) in [7, 11) is 0. The Labute approximate surface area is 115 Å². The highest BCUT2D eigenvalue weighted by Crippen LogP contribution is 2.25. The van der Waals surface area contributed by atoms with E-state index in [1.54, 1.807) is 0 Å². The first-order chi connectivity index (χ1) is 9.33. The van der Waals surface area contributed by atoms with Crippen LogP contribution in [-0.4, -0.2) is 5.91 Å². The monoisotopic (exact) mass is 267 g/mol. The molecule has 0 bridgehead atoms. The van der Waals surface area contributed by atoms with Gasteiger partial charge in [-0.2, -0.15) is 0 Å². The van der Waals surface area contributed by atoms with Gasteiger partial charge >= 0.3 is 0 Å². The first-order valence-corrected chi connectivity index (χ1v) is 6.95. The van der Waals surface area contributed by atoms with Gasteiger partial charge in [-0.25, -0.2) is 0 Å². The van der Waals surface area contributed by atoms with Crippen molar-refractivity contribution in [1.29, 1.82) is 0 Å². The fourth-order valence-corrected chi connectivity index (χ4v) is 2.94.